The molecule has 0 aromatic rings. The van der Waals surface area contributed by atoms with Crippen LogP contribution in [0.4, 0.5) is 0 Å². The van der Waals surface area contributed by atoms with E-state index in [1.54, 1.807) is 0 Å². The van der Waals surface area contributed by atoms with E-state index < -0.39 is 0 Å². The van der Waals surface area contributed by atoms with Crippen LogP contribution in [-0.4, -0.2) is 62.2 Å². The molecule has 1 heterocycles. The van der Waals surface area contributed by atoms with Crippen LogP contribution in [0.5, 0.6) is 0 Å². The fourth-order valence-electron chi connectivity index (χ4n) is 2.34. The predicted molar refractivity (Wildman–Crippen MR) is 70.9 cm³/mol. The molecule has 0 amide bonds. The molecule has 0 unspecified atom stereocenters. The molecule has 0 radical (unpaired) electrons. The molecule has 0 atom stereocenters. The second-order valence-electron chi connectivity index (χ2n) is 4.68. The van der Waals surface area contributed by atoms with Crippen LogP contribution in [0.1, 0.15) is 33.1 Å². The fraction of sp³-hybridized carbons (Fsp3) is 1.00. The molecule has 1 aliphatic rings. The van der Waals surface area contributed by atoms with Gasteiger partial charge in [-0.25, -0.2) is 0 Å². The highest BCUT2D eigenvalue weighted by atomic mass is 15.1. The Morgan fingerprint density at radius 2 is 1.75 bits per heavy atom. The summed E-state index contributed by atoms with van der Waals surface area (Å²) in [6, 6.07) is 0. The van der Waals surface area contributed by atoms with Crippen LogP contribution in [0.15, 0.2) is 0 Å². The van der Waals surface area contributed by atoms with Crippen LogP contribution >= 0.6 is 0 Å². The van der Waals surface area contributed by atoms with Crippen LogP contribution in [0.3, 0.4) is 0 Å². The average molecular weight is 227 g/mol. The smallest absolute Gasteiger partial charge is 0.0107 e. The molecule has 0 saturated carbocycles. The minimum Gasteiger partial charge on any atom is -0.315 e. The van der Waals surface area contributed by atoms with Gasteiger partial charge in [0, 0.05) is 13.1 Å². The zero-order valence-corrected chi connectivity index (χ0v) is 11.2. The molecule has 0 aromatic carbocycles. The van der Waals surface area contributed by atoms with Crippen molar-refractivity contribution >= 4 is 0 Å². The van der Waals surface area contributed by atoms with E-state index in [0.29, 0.717) is 0 Å². The van der Waals surface area contributed by atoms with Crippen molar-refractivity contribution in [1.82, 2.24) is 15.1 Å². The summed E-state index contributed by atoms with van der Waals surface area (Å²) in [7, 11) is 0. The molecule has 16 heavy (non-hydrogen) atoms. The Kier molecular flexibility index (Phi) is 7.81. The molecule has 0 aliphatic carbocycles. The van der Waals surface area contributed by atoms with Crippen molar-refractivity contribution in [3.63, 3.8) is 0 Å². The standard InChI is InChI=1S/C13H29N3/c1-3-15(4-2)13-9-14-8-7-12-16-10-5-6-11-16/h14H,3-13H2,1-2H3. The molecule has 1 N–H and O–H groups in total. The zero-order chi connectivity index (χ0) is 11.6. The molecule has 0 spiro atoms. The van der Waals surface area contributed by atoms with Crippen molar-refractivity contribution < 1.29 is 0 Å². The molecule has 96 valence electrons. The highest BCUT2D eigenvalue weighted by Crippen LogP contribution is 2.06. The fourth-order valence-corrected chi connectivity index (χ4v) is 2.34. The van der Waals surface area contributed by atoms with Gasteiger partial charge in [-0.2, -0.15) is 0 Å². The average Bonchev–Trinajstić information content (AvgIpc) is 2.81. The number of likely N-dealkylation sites (N-methyl/N-ethyl adjacent to an activating group) is 1. The summed E-state index contributed by atoms with van der Waals surface area (Å²) in [5.74, 6) is 0. The highest BCUT2D eigenvalue weighted by molar-refractivity contribution is 4.66. The Morgan fingerprint density at radius 1 is 1.06 bits per heavy atom. The molecule has 1 saturated heterocycles. The minimum atomic E-state index is 1.14. The first-order valence-electron chi connectivity index (χ1n) is 7.02. The largest absolute Gasteiger partial charge is 0.315 e. The van der Waals surface area contributed by atoms with E-state index in [1.165, 1.54) is 65.1 Å². The van der Waals surface area contributed by atoms with Gasteiger partial charge in [0.25, 0.3) is 0 Å². The SMILES string of the molecule is CCN(CC)CCNCCCN1CCCC1. The van der Waals surface area contributed by atoms with Crippen molar-refractivity contribution in [3.05, 3.63) is 0 Å². The van der Waals surface area contributed by atoms with Crippen LogP contribution in [0.2, 0.25) is 0 Å². The van der Waals surface area contributed by atoms with Crippen molar-refractivity contribution in [2.24, 2.45) is 0 Å². The zero-order valence-electron chi connectivity index (χ0n) is 11.2. The quantitative estimate of drug-likeness (QED) is 0.601. The summed E-state index contributed by atoms with van der Waals surface area (Å²) in [5, 5.41) is 3.54. The monoisotopic (exact) mass is 227 g/mol. The summed E-state index contributed by atoms with van der Waals surface area (Å²) >= 11 is 0. The molecular weight excluding hydrogens is 198 g/mol. The molecule has 1 aliphatic heterocycles. The maximum Gasteiger partial charge on any atom is 0.0107 e. The first kappa shape index (κ1) is 13.9. The molecule has 3 heteroatoms. The number of nitrogens with one attached hydrogen (secondary N) is 1. The van der Waals surface area contributed by atoms with Gasteiger partial charge >= 0.3 is 0 Å². The normalized spacial score (nSPS) is 17.4. The van der Waals surface area contributed by atoms with E-state index in [9.17, 15) is 0 Å². The third-order valence-corrected chi connectivity index (χ3v) is 3.53. The highest BCUT2D eigenvalue weighted by Gasteiger charge is 2.09. The summed E-state index contributed by atoms with van der Waals surface area (Å²) in [4.78, 5) is 5.06. The van der Waals surface area contributed by atoms with Gasteiger partial charge in [-0.3, -0.25) is 0 Å². The minimum absolute atomic E-state index is 1.14. The van der Waals surface area contributed by atoms with Crippen molar-refractivity contribution in [3.8, 4) is 0 Å². The second-order valence-corrected chi connectivity index (χ2v) is 4.68. The number of likely N-dealkylation sites (tertiary alicyclic amines) is 1. The van der Waals surface area contributed by atoms with Crippen molar-refractivity contribution in [2.45, 2.75) is 33.1 Å². The Labute approximate surface area is 101 Å². The van der Waals surface area contributed by atoms with E-state index in [2.05, 4.69) is 29.0 Å². The third kappa shape index (κ3) is 5.83. The lowest BCUT2D eigenvalue weighted by atomic mass is 10.4. The molecule has 0 aromatic heterocycles. The topological polar surface area (TPSA) is 18.5 Å². The molecular formula is C13H29N3. The Hall–Kier alpha value is -0.120. The summed E-state index contributed by atoms with van der Waals surface area (Å²) < 4.78 is 0. The summed E-state index contributed by atoms with van der Waals surface area (Å²) in [6.45, 7) is 14.3. The van der Waals surface area contributed by atoms with Gasteiger partial charge in [-0.15, -0.1) is 0 Å². The van der Waals surface area contributed by atoms with Crippen LogP contribution in [-0.2, 0) is 0 Å². The van der Waals surface area contributed by atoms with E-state index in [4.69, 9.17) is 0 Å². The Bertz CT molecular complexity index is 145. The van der Waals surface area contributed by atoms with Gasteiger partial charge in [0.1, 0.15) is 0 Å². The van der Waals surface area contributed by atoms with Crippen LogP contribution in [0.25, 0.3) is 0 Å². The molecule has 1 rings (SSSR count). The van der Waals surface area contributed by atoms with Gasteiger partial charge < -0.3 is 15.1 Å². The molecule has 3 nitrogen and oxygen atoms in total. The van der Waals surface area contributed by atoms with E-state index in [0.717, 1.165) is 6.54 Å². The lowest BCUT2D eigenvalue weighted by Crippen LogP contribution is -2.33. The maximum atomic E-state index is 3.54. The number of rotatable bonds is 9. The number of hydrogen-bond donors (Lipinski definition) is 1. The summed E-state index contributed by atoms with van der Waals surface area (Å²) in [6.07, 6.45) is 4.13. The first-order valence-corrected chi connectivity index (χ1v) is 7.02. The lowest BCUT2D eigenvalue weighted by molar-refractivity contribution is 0.297. The van der Waals surface area contributed by atoms with Crippen molar-refractivity contribution in [2.75, 3.05) is 52.4 Å². The predicted octanol–water partition coefficient (Wildman–Crippen LogP) is 1.40. The van der Waals surface area contributed by atoms with Gasteiger partial charge in [-0.1, -0.05) is 13.8 Å². The van der Waals surface area contributed by atoms with E-state index in [-0.39, 0.29) is 0 Å². The van der Waals surface area contributed by atoms with Gasteiger partial charge in [0.05, 0.1) is 0 Å². The first-order chi connectivity index (χ1) is 7.86. The second kappa shape index (κ2) is 8.97. The van der Waals surface area contributed by atoms with E-state index >= 15 is 0 Å². The molecule has 1 fully saturated rings. The van der Waals surface area contributed by atoms with Crippen LogP contribution < -0.4 is 5.32 Å². The van der Waals surface area contributed by atoms with Gasteiger partial charge in [0.2, 0.25) is 0 Å². The Morgan fingerprint density at radius 3 is 2.38 bits per heavy atom. The van der Waals surface area contributed by atoms with Crippen molar-refractivity contribution in [1.29, 1.82) is 0 Å². The molecule has 0 bridgehead atoms. The third-order valence-electron chi connectivity index (χ3n) is 3.53. The number of nitrogens with zero attached hydrogens (tertiary/aromatic N) is 2. The maximum absolute atomic E-state index is 3.54. The van der Waals surface area contributed by atoms with E-state index in [1.807, 2.05) is 0 Å². The summed E-state index contributed by atoms with van der Waals surface area (Å²) in [5.41, 5.74) is 0. The lowest BCUT2D eigenvalue weighted by Gasteiger charge is -2.18. The van der Waals surface area contributed by atoms with Crippen LogP contribution in [0, 0.1) is 0 Å². The van der Waals surface area contributed by atoms with Gasteiger partial charge in [-0.05, 0) is 58.5 Å². The Balaban J connectivity index is 1.84. The number of hydrogen-bond acceptors (Lipinski definition) is 3. The van der Waals surface area contributed by atoms with Gasteiger partial charge in [0.15, 0.2) is 0 Å².